The summed E-state index contributed by atoms with van der Waals surface area (Å²) < 4.78 is 11.3. The van der Waals surface area contributed by atoms with Gasteiger partial charge in [0.05, 0.1) is 0 Å². The summed E-state index contributed by atoms with van der Waals surface area (Å²) in [6.07, 6.45) is 17.5. The van der Waals surface area contributed by atoms with Crippen LogP contribution in [0.4, 0.5) is 0 Å². The van der Waals surface area contributed by atoms with Crippen LogP contribution in [-0.4, -0.2) is 24.0 Å². The summed E-state index contributed by atoms with van der Waals surface area (Å²) in [4.78, 5) is 25.2. The van der Waals surface area contributed by atoms with Crippen molar-refractivity contribution in [3.05, 3.63) is 23.8 Å². The van der Waals surface area contributed by atoms with Gasteiger partial charge in [0.25, 0.3) is 0 Å². The zero-order valence-corrected chi connectivity index (χ0v) is 24.2. The molecule has 0 fully saturated rings. The van der Waals surface area contributed by atoms with Crippen molar-refractivity contribution in [3.8, 4) is 11.5 Å². The SMILES string of the molecule is CCCCCCCCCCCCCCCc1cccc(OC(=O)[C@@H](N)C(C)C)c1OC(=O)[C@@H](N)C(C)C. The Labute approximate surface area is 226 Å². The third-order valence-corrected chi connectivity index (χ3v) is 7.00. The Hall–Kier alpha value is -1.92. The molecule has 0 aliphatic carbocycles. The molecule has 0 unspecified atom stereocenters. The first-order chi connectivity index (χ1) is 17.7. The van der Waals surface area contributed by atoms with Gasteiger partial charge in [-0.25, -0.2) is 9.59 Å². The van der Waals surface area contributed by atoms with Gasteiger partial charge in [0.2, 0.25) is 0 Å². The number of carbonyl (C=O) groups excluding carboxylic acids is 2. The lowest BCUT2D eigenvalue weighted by atomic mass is 10.0. The fourth-order valence-electron chi connectivity index (χ4n) is 4.18. The van der Waals surface area contributed by atoms with E-state index in [0.29, 0.717) is 0 Å². The number of unbranched alkanes of at least 4 members (excludes halogenated alkanes) is 12. The number of hydrogen-bond acceptors (Lipinski definition) is 6. The molecule has 0 bridgehead atoms. The highest BCUT2D eigenvalue weighted by Crippen LogP contribution is 2.33. The lowest BCUT2D eigenvalue weighted by molar-refractivity contribution is -0.139. The van der Waals surface area contributed by atoms with Crippen molar-refractivity contribution < 1.29 is 19.1 Å². The van der Waals surface area contributed by atoms with Crippen LogP contribution >= 0.6 is 0 Å². The van der Waals surface area contributed by atoms with Crippen LogP contribution in [-0.2, 0) is 16.0 Å². The molecule has 37 heavy (non-hydrogen) atoms. The van der Waals surface area contributed by atoms with Gasteiger partial charge in [-0.3, -0.25) is 0 Å². The van der Waals surface area contributed by atoms with Crippen LogP contribution in [0.25, 0.3) is 0 Å². The van der Waals surface area contributed by atoms with Gasteiger partial charge >= 0.3 is 11.9 Å². The molecule has 4 N–H and O–H groups in total. The van der Waals surface area contributed by atoms with Gasteiger partial charge in [0, 0.05) is 0 Å². The zero-order chi connectivity index (χ0) is 27.6. The molecule has 0 aliphatic heterocycles. The van der Waals surface area contributed by atoms with E-state index in [-0.39, 0.29) is 23.3 Å². The molecule has 6 heteroatoms. The normalized spacial score (nSPS) is 13.1. The number of nitrogens with two attached hydrogens (primary N) is 2. The van der Waals surface area contributed by atoms with Crippen LogP contribution in [0.1, 0.15) is 124 Å². The summed E-state index contributed by atoms with van der Waals surface area (Å²) in [6, 6.07) is 3.86. The molecule has 2 atom stereocenters. The number of carbonyl (C=O) groups is 2. The third kappa shape index (κ3) is 13.4. The molecule has 6 nitrogen and oxygen atoms in total. The quantitative estimate of drug-likeness (QED) is 0.108. The van der Waals surface area contributed by atoms with Gasteiger partial charge in [-0.2, -0.15) is 0 Å². The van der Waals surface area contributed by atoms with Gasteiger partial charge in [-0.15, -0.1) is 0 Å². The Morgan fingerprint density at radius 2 is 1.11 bits per heavy atom. The summed E-state index contributed by atoms with van der Waals surface area (Å²) in [7, 11) is 0. The van der Waals surface area contributed by atoms with Crippen LogP contribution in [0, 0.1) is 11.8 Å². The molecular weight excluding hydrogens is 464 g/mol. The second kappa shape index (κ2) is 19.2. The van der Waals surface area contributed by atoms with Crippen molar-refractivity contribution in [2.45, 2.75) is 137 Å². The standard InChI is InChI=1S/C31H54N2O4/c1-6-7-8-9-10-11-12-13-14-15-16-17-18-20-25-21-19-22-26(36-30(34)27(32)23(2)3)29(25)37-31(35)28(33)24(4)5/h19,21-24,27-28H,6-18,20,32-33H2,1-5H3/t27-,28-/m0/s1. The number of hydrogen-bond donors (Lipinski definition) is 2. The maximum absolute atomic E-state index is 12.7. The third-order valence-electron chi connectivity index (χ3n) is 7.00. The minimum absolute atomic E-state index is 0.0677. The highest BCUT2D eigenvalue weighted by atomic mass is 16.6. The Morgan fingerprint density at radius 3 is 1.57 bits per heavy atom. The van der Waals surface area contributed by atoms with Crippen LogP contribution in [0.3, 0.4) is 0 Å². The predicted octanol–water partition coefficient (Wildman–Crippen LogP) is 7.10. The fourth-order valence-corrected chi connectivity index (χ4v) is 4.18. The smallest absolute Gasteiger partial charge is 0.328 e. The predicted molar refractivity (Wildman–Crippen MR) is 153 cm³/mol. The summed E-state index contributed by atoms with van der Waals surface area (Å²) in [5.74, 6) is -0.704. The molecule has 0 saturated heterocycles. The molecule has 0 radical (unpaired) electrons. The second-order valence-corrected chi connectivity index (χ2v) is 11.1. The van der Waals surface area contributed by atoms with E-state index in [9.17, 15) is 9.59 Å². The first kappa shape index (κ1) is 33.1. The molecule has 0 aromatic heterocycles. The summed E-state index contributed by atoms with van der Waals surface area (Å²) >= 11 is 0. The second-order valence-electron chi connectivity index (χ2n) is 11.1. The molecule has 0 spiro atoms. The lowest BCUT2D eigenvalue weighted by Gasteiger charge is -2.20. The van der Waals surface area contributed by atoms with Gasteiger partial charge in [-0.1, -0.05) is 124 Å². The van der Waals surface area contributed by atoms with Crippen molar-refractivity contribution in [2.75, 3.05) is 0 Å². The van der Waals surface area contributed by atoms with Gasteiger partial charge in [-0.05, 0) is 36.3 Å². The molecule has 0 aliphatic rings. The maximum Gasteiger partial charge on any atom is 0.328 e. The fraction of sp³-hybridized carbons (Fsp3) is 0.742. The van der Waals surface area contributed by atoms with E-state index in [1.165, 1.54) is 70.6 Å². The first-order valence-electron chi connectivity index (χ1n) is 14.7. The molecule has 212 valence electrons. The topological polar surface area (TPSA) is 105 Å². The molecule has 0 amide bonds. The molecule has 1 aromatic carbocycles. The van der Waals surface area contributed by atoms with Gasteiger partial charge < -0.3 is 20.9 Å². The zero-order valence-electron chi connectivity index (χ0n) is 24.2. The highest BCUT2D eigenvalue weighted by molar-refractivity contribution is 5.82. The summed E-state index contributed by atoms with van der Waals surface area (Å²) in [5, 5.41) is 0. The number of ether oxygens (including phenoxy) is 2. The Morgan fingerprint density at radius 1 is 0.676 bits per heavy atom. The maximum atomic E-state index is 12.7. The Balaban J connectivity index is 2.61. The first-order valence-corrected chi connectivity index (χ1v) is 14.7. The molecule has 0 heterocycles. The average molecular weight is 519 g/mol. The Kier molecular flexibility index (Phi) is 17.2. The van der Waals surface area contributed by atoms with Crippen molar-refractivity contribution in [2.24, 2.45) is 23.3 Å². The van der Waals surface area contributed by atoms with E-state index < -0.39 is 24.0 Å². The summed E-state index contributed by atoms with van der Waals surface area (Å²) in [5.41, 5.74) is 12.8. The van der Waals surface area contributed by atoms with E-state index in [4.69, 9.17) is 20.9 Å². The lowest BCUT2D eigenvalue weighted by Crippen LogP contribution is -2.40. The highest BCUT2D eigenvalue weighted by Gasteiger charge is 2.25. The van der Waals surface area contributed by atoms with Crippen molar-refractivity contribution >= 4 is 11.9 Å². The van der Waals surface area contributed by atoms with Crippen LogP contribution in [0.2, 0.25) is 0 Å². The molecule has 0 saturated carbocycles. The largest absolute Gasteiger partial charge is 0.421 e. The van der Waals surface area contributed by atoms with E-state index in [2.05, 4.69) is 6.92 Å². The number of benzene rings is 1. The van der Waals surface area contributed by atoms with Gasteiger partial charge in [0.1, 0.15) is 12.1 Å². The van der Waals surface area contributed by atoms with Crippen LogP contribution < -0.4 is 20.9 Å². The monoisotopic (exact) mass is 518 g/mol. The molecule has 1 aromatic rings. The minimum atomic E-state index is -0.758. The van der Waals surface area contributed by atoms with Crippen molar-refractivity contribution in [3.63, 3.8) is 0 Å². The van der Waals surface area contributed by atoms with Crippen LogP contribution in [0.5, 0.6) is 11.5 Å². The van der Waals surface area contributed by atoms with Gasteiger partial charge in [0.15, 0.2) is 11.5 Å². The van der Waals surface area contributed by atoms with E-state index in [0.717, 1.165) is 24.8 Å². The number of esters is 2. The molecular formula is C31H54N2O4. The molecule has 1 rings (SSSR count). The summed E-state index contributed by atoms with van der Waals surface area (Å²) in [6.45, 7) is 9.72. The van der Waals surface area contributed by atoms with E-state index in [1.54, 1.807) is 6.07 Å². The van der Waals surface area contributed by atoms with Crippen molar-refractivity contribution in [1.82, 2.24) is 0 Å². The number of aryl methyl sites for hydroxylation is 1. The van der Waals surface area contributed by atoms with E-state index in [1.807, 2.05) is 39.8 Å². The van der Waals surface area contributed by atoms with Crippen LogP contribution in [0.15, 0.2) is 18.2 Å². The van der Waals surface area contributed by atoms with E-state index >= 15 is 0 Å². The van der Waals surface area contributed by atoms with Crippen molar-refractivity contribution in [1.29, 1.82) is 0 Å². The minimum Gasteiger partial charge on any atom is -0.421 e. The number of rotatable bonds is 20. The average Bonchev–Trinajstić information content (AvgIpc) is 2.87. The number of para-hydroxylation sites is 1. The Bertz CT molecular complexity index is 778.